The van der Waals surface area contributed by atoms with Crippen molar-refractivity contribution in [2.75, 3.05) is 11.4 Å². The Morgan fingerprint density at radius 3 is 2.67 bits per heavy atom. The molecule has 5 heteroatoms. The molecule has 0 fully saturated rings. The average molecular weight is 317 g/mol. The van der Waals surface area contributed by atoms with Crippen LogP contribution in [0.3, 0.4) is 0 Å². The van der Waals surface area contributed by atoms with Gasteiger partial charge >= 0.3 is 0 Å². The molecule has 1 amide bonds. The Hall–Kier alpha value is -3.21. The van der Waals surface area contributed by atoms with E-state index in [1.54, 1.807) is 29.2 Å². The van der Waals surface area contributed by atoms with E-state index in [2.05, 4.69) is 9.97 Å². The van der Waals surface area contributed by atoms with Crippen LogP contribution in [0.1, 0.15) is 18.3 Å². The third-order valence-corrected chi connectivity index (χ3v) is 4.19. The molecular weight excluding hydrogens is 302 g/mol. The molecule has 24 heavy (non-hydrogen) atoms. The summed E-state index contributed by atoms with van der Waals surface area (Å²) in [4.78, 5) is 33.8. The fraction of sp³-hybridized carbons (Fsp3) is 0.105. The molecule has 0 atom stereocenters. The van der Waals surface area contributed by atoms with Crippen molar-refractivity contribution in [1.82, 2.24) is 9.97 Å². The van der Waals surface area contributed by atoms with Crippen molar-refractivity contribution in [2.24, 2.45) is 0 Å². The van der Waals surface area contributed by atoms with E-state index in [1.807, 2.05) is 37.3 Å². The van der Waals surface area contributed by atoms with Crippen LogP contribution in [-0.4, -0.2) is 22.4 Å². The lowest BCUT2D eigenvalue weighted by molar-refractivity contribution is -0.112. The van der Waals surface area contributed by atoms with Crippen molar-refractivity contribution in [1.29, 1.82) is 0 Å². The topological polar surface area (TPSA) is 66.1 Å². The number of H-pyrrole nitrogens is 1. The molecule has 0 spiro atoms. The smallest absolute Gasteiger partial charge is 0.259 e. The van der Waals surface area contributed by atoms with Crippen molar-refractivity contribution in [3.63, 3.8) is 0 Å². The molecule has 2 aromatic carbocycles. The number of nitrogens with one attached hydrogen (secondary N) is 1. The van der Waals surface area contributed by atoms with E-state index in [-0.39, 0.29) is 11.5 Å². The number of carbonyl (C=O) groups is 1. The third kappa shape index (κ3) is 2.13. The number of likely N-dealkylation sites (N-methyl/N-ethyl adjacent to an activating group) is 1. The van der Waals surface area contributed by atoms with Gasteiger partial charge in [-0.1, -0.05) is 30.3 Å². The second-order valence-electron chi connectivity index (χ2n) is 5.59. The highest BCUT2D eigenvalue weighted by molar-refractivity contribution is 6.35. The zero-order valence-electron chi connectivity index (χ0n) is 13.1. The van der Waals surface area contributed by atoms with E-state index in [0.29, 0.717) is 28.8 Å². The van der Waals surface area contributed by atoms with Gasteiger partial charge in [-0.05, 0) is 31.2 Å². The lowest BCUT2D eigenvalue weighted by Crippen LogP contribution is -2.25. The van der Waals surface area contributed by atoms with Crippen LogP contribution >= 0.6 is 0 Å². The van der Waals surface area contributed by atoms with Crippen LogP contribution in [0.25, 0.3) is 22.6 Å². The molecule has 0 saturated heterocycles. The van der Waals surface area contributed by atoms with Crippen LogP contribution in [0.5, 0.6) is 0 Å². The van der Waals surface area contributed by atoms with Gasteiger partial charge in [-0.25, -0.2) is 4.98 Å². The first kappa shape index (κ1) is 14.4. The van der Waals surface area contributed by atoms with Gasteiger partial charge in [-0.3, -0.25) is 9.59 Å². The standard InChI is InChI=1S/C19H15N3O2/c1-2-22-16-10-6-4-7-12(16)14(19(22)24)11-17-20-15-9-5-3-8-13(15)18(23)21-17/h3-11H,2H2,1H3,(H,20,21,23)/b14-11-. The highest BCUT2D eigenvalue weighted by Crippen LogP contribution is 2.36. The van der Waals surface area contributed by atoms with Gasteiger partial charge in [0.05, 0.1) is 22.2 Å². The van der Waals surface area contributed by atoms with Crippen LogP contribution in [0.15, 0.2) is 53.3 Å². The molecule has 3 aromatic rings. The van der Waals surface area contributed by atoms with Gasteiger partial charge in [0.1, 0.15) is 5.82 Å². The molecule has 1 aliphatic heterocycles. The SMILES string of the molecule is CCN1C(=O)/C(=C\c2nc3ccccc3c(=O)[nH]2)c2ccccc21. The zero-order chi connectivity index (χ0) is 16.7. The van der Waals surface area contributed by atoms with Gasteiger partial charge in [0.15, 0.2) is 0 Å². The van der Waals surface area contributed by atoms with Gasteiger partial charge in [-0.15, -0.1) is 0 Å². The maximum Gasteiger partial charge on any atom is 0.259 e. The minimum absolute atomic E-state index is 0.0745. The van der Waals surface area contributed by atoms with Crippen LogP contribution in [-0.2, 0) is 4.79 Å². The first-order valence-electron chi connectivity index (χ1n) is 7.81. The van der Waals surface area contributed by atoms with Gasteiger partial charge in [0.25, 0.3) is 11.5 Å². The average Bonchev–Trinajstić information content (AvgIpc) is 2.87. The van der Waals surface area contributed by atoms with E-state index in [0.717, 1.165) is 11.3 Å². The Balaban J connectivity index is 1.90. The predicted octanol–water partition coefficient (Wildman–Crippen LogP) is 2.83. The molecule has 0 bridgehead atoms. The number of para-hydroxylation sites is 2. The number of hydrogen-bond acceptors (Lipinski definition) is 3. The summed E-state index contributed by atoms with van der Waals surface area (Å²) in [5.41, 5.74) is 2.70. The van der Waals surface area contributed by atoms with Crippen molar-refractivity contribution < 1.29 is 4.79 Å². The molecular formula is C19H15N3O2. The molecule has 2 heterocycles. The third-order valence-electron chi connectivity index (χ3n) is 4.19. The van der Waals surface area contributed by atoms with E-state index in [1.165, 1.54) is 0 Å². The van der Waals surface area contributed by atoms with Crippen LogP contribution in [0.4, 0.5) is 5.69 Å². The Kier molecular flexibility index (Phi) is 3.27. The second kappa shape index (κ2) is 5.45. The van der Waals surface area contributed by atoms with Gasteiger partial charge in [0.2, 0.25) is 0 Å². The molecule has 1 aliphatic rings. The lowest BCUT2D eigenvalue weighted by Gasteiger charge is -2.13. The molecule has 4 rings (SSSR count). The predicted molar refractivity (Wildman–Crippen MR) is 94.7 cm³/mol. The maximum atomic E-state index is 12.7. The Bertz CT molecular complexity index is 1050. The molecule has 0 aliphatic carbocycles. The van der Waals surface area contributed by atoms with Crippen LogP contribution in [0.2, 0.25) is 0 Å². The first-order chi connectivity index (χ1) is 11.7. The fourth-order valence-corrected chi connectivity index (χ4v) is 3.07. The minimum atomic E-state index is -0.210. The largest absolute Gasteiger partial charge is 0.308 e. The second-order valence-corrected chi connectivity index (χ2v) is 5.59. The first-order valence-corrected chi connectivity index (χ1v) is 7.81. The van der Waals surface area contributed by atoms with E-state index in [4.69, 9.17) is 0 Å². The number of carbonyl (C=O) groups excluding carboxylic acids is 1. The molecule has 5 nitrogen and oxygen atoms in total. The fourth-order valence-electron chi connectivity index (χ4n) is 3.07. The summed E-state index contributed by atoms with van der Waals surface area (Å²) in [5.74, 6) is 0.310. The number of nitrogens with zero attached hydrogens (tertiary/aromatic N) is 2. The summed E-state index contributed by atoms with van der Waals surface area (Å²) in [6.07, 6.45) is 1.66. The normalized spacial score (nSPS) is 15.3. The Morgan fingerprint density at radius 1 is 1.08 bits per heavy atom. The maximum absolute atomic E-state index is 12.7. The van der Waals surface area contributed by atoms with E-state index in [9.17, 15) is 9.59 Å². The number of rotatable bonds is 2. The number of hydrogen-bond donors (Lipinski definition) is 1. The van der Waals surface area contributed by atoms with Crippen molar-refractivity contribution >= 4 is 34.1 Å². The van der Waals surface area contributed by atoms with E-state index < -0.39 is 0 Å². The molecule has 0 radical (unpaired) electrons. The highest BCUT2D eigenvalue weighted by Gasteiger charge is 2.30. The van der Waals surface area contributed by atoms with Crippen LogP contribution in [0, 0.1) is 0 Å². The van der Waals surface area contributed by atoms with Crippen LogP contribution < -0.4 is 10.5 Å². The Labute approximate surface area is 138 Å². The molecule has 1 N–H and O–H groups in total. The van der Waals surface area contributed by atoms with Gasteiger partial charge < -0.3 is 9.88 Å². The summed E-state index contributed by atoms with van der Waals surface area (Å²) in [7, 11) is 0. The van der Waals surface area contributed by atoms with Crippen molar-refractivity contribution in [3.8, 4) is 0 Å². The summed E-state index contributed by atoms with van der Waals surface area (Å²) in [6.45, 7) is 2.53. The molecule has 0 saturated carbocycles. The van der Waals surface area contributed by atoms with Crippen molar-refractivity contribution in [3.05, 3.63) is 70.3 Å². The summed E-state index contributed by atoms with van der Waals surface area (Å²) in [6, 6.07) is 14.8. The zero-order valence-corrected chi connectivity index (χ0v) is 13.1. The van der Waals surface area contributed by atoms with Gasteiger partial charge in [-0.2, -0.15) is 0 Å². The molecule has 1 aromatic heterocycles. The van der Waals surface area contributed by atoms with Crippen molar-refractivity contribution in [2.45, 2.75) is 6.92 Å². The summed E-state index contributed by atoms with van der Waals surface area (Å²) >= 11 is 0. The molecule has 0 unspecified atom stereocenters. The summed E-state index contributed by atoms with van der Waals surface area (Å²) in [5, 5.41) is 0.535. The highest BCUT2D eigenvalue weighted by atomic mass is 16.2. The number of aromatic amines is 1. The number of fused-ring (bicyclic) bond motifs is 2. The number of amides is 1. The molecule has 118 valence electrons. The summed E-state index contributed by atoms with van der Waals surface area (Å²) < 4.78 is 0. The quantitative estimate of drug-likeness (QED) is 0.739. The monoisotopic (exact) mass is 317 g/mol. The number of benzene rings is 2. The lowest BCUT2D eigenvalue weighted by atomic mass is 10.1. The number of anilines is 1. The Morgan fingerprint density at radius 2 is 1.83 bits per heavy atom. The van der Waals surface area contributed by atoms with E-state index >= 15 is 0 Å². The number of aromatic nitrogens is 2. The van der Waals surface area contributed by atoms with Gasteiger partial charge in [0, 0.05) is 12.1 Å². The minimum Gasteiger partial charge on any atom is -0.308 e.